The van der Waals surface area contributed by atoms with Gasteiger partial charge in [0.25, 0.3) is 0 Å². The third-order valence-electron chi connectivity index (χ3n) is 2.84. The molecule has 0 N–H and O–H groups in total. The monoisotopic (exact) mass is 246 g/mol. The molecule has 0 bridgehead atoms. The maximum atomic E-state index is 11.5. The summed E-state index contributed by atoms with van der Waals surface area (Å²) in [6.07, 6.45) is -1.13. The van der Waals surface area contributed by atoms with Crippen molar-refractivity contribution in [3.05, 3.63) is 23.8 Å². The third-order valence-corrected chi connectivity index (χ3v) is 2.84. The Balaban J connectivity index is 1.74. The van der Waals surface area contributed by atoms with Gasteiger partial charge in [-0.2, -0.15) is 5.26 Å². The van der Waals surface area contributed by atoms with Crippen molar-refractivity contribution in [2.45, 2.75) is 12.6 Å². The van der Waals surface area contributed by atoms with E-state index in [1.165, 1.54) is 4.90 Å². The predicted octanol–water partition coefficient (Wildman–Crippen LogP) is 1.26. The molecule has 0 aliphatic carbocycles. The molecule has 6 heteroatoms. The topological polar surface area (TPSA) is 71.8 Å². The number of benzene rings is 1. The molecule has 1 aromatic rings. The molecular formula is C12H10N2O4. The Morgan fingerprint density at radius 1 is 1.39 bits per heavy atom. The van der Waals surface area contributed by atoms with Crippen LogP contribution in [-0.4, -0.2) is 30.4 Å². The van der Waals surface area contributed by atoms with Gasteiger partial charge in [-0.1, -0.05) is 6.07 Å². The third kappa shape index (κ3) is 1.80. The van der Waals surface area contributed by atoms with Gasteiger partial charge in [0.1, 0.15) is 6.07 Å². The quantitative estimate of drug-likeness (QED) is 0.785. The van der Waals surface area contributed by atoms with Gasteiger partial charge in [-0.3, -0.25) is 4.90 Å². The first-order valence-electron chi connectivity index (χ1n) is 5.50. The fraction of sp³-hybridized carbons (Fsp3) is 0.333. The molecule has 3 rings (SSSR count). The molecule has 2 heterocycles. The van der Waals surface area contributed by atoms with Gasteiger partial charge >= 0.3 is 6.09 Å². The van der Waals surface area contributed by atoms with Crippen molar-refractivity contribution in [1.82, 2.24) is 4.90 Å². The van der Waals surface area contributed by atoms with Crippen molar-refractivity contribution >= 4 is 6.09 Å². The predicted molar refractivity (Wildman–Crippen MR) is 58.9 cm³/mol. The number of fused-ring (bicyclic) bond motifs is 1. The van der Waals surface area contributed by atoms with E-state index in [9.17, 15) is 4.79 Å². The second-order valence-electron chi connectivity index (χ2n) is 4.07. The highest BCUT2D eigenvalue weighted by molar-refractivity contribution is 5.70. The number of cyclic esters (lactones) is 1. The summed E-state index contributed by atoms with van der Waals surface area (Å²) in [4.78, 5) is 13.0. The molecular weight excluding hydrogens is 236 g/mol. The van der Waals surface area contributed by atoms with Crippen LogP contribution < -0.4 is 9.47 Å². The van der Waals surface area contributed by atoms with Crippen molar-refractivity contribution < 1.29 is 19.0 Å². The molecule has 2 aliphatic rings. The minimum absolute atomic E-state index is 0.223. The van der Waals surface area contributed by atoms with E-state index in [0.717, 1.165) is 5.56 Å². The first-order chi connectivity index (χ1) is 8.76. The van der Waals surface area contributed by atoms with E-state index in [4.69, 9.17) is 19.5 Å². The molecule has 6 nitrogen and oxygen atoms in total. The standard InChI is InChI=1S/C12H10N2O4/c13-4-9-6-14(12(15)18-9)5-8-1-2-10-11(3-8)17-7-16-10/h1-3,9H,5-7H2. The van der Waals surface area contributed by atoms with Crippen molar-refractivity contribution in [2.24, 2.45) is 0 Å². The number of nitrogens with zero attached hydrogens (tertiary/aromatic N) is 2. The van der Waals surface area contributed by atoms with E-state index in [-0.39, 0.29) is 6.79 Å². The van der Waals surface area contributed by atoms with Gasteiger partial charge in [0.05, 0.1) is 6.54 Å². The first kappa shape index (κ1) is 10.7. The van der Waals surface area contributed by atoms with Crippen LogP contribution in [0.3, 0.4) is 0 Å². The summed E-state index contributed by atoms with van der Waals surface area (Å²) in [5, 5.41) is 8.70. The zero-order valence-electron chi connectivity index (χ0n) is 9.46. The Morgan fingerprint density at radius 3 is 3.00 bits per heavy atom. The van der Waals surface area contributed by atoms with E-state index in [1.54, 1.807) is 6.07 Å². The van der Waals surface area contributed by atoms with E-state index in [2.05, 4.69) is 0 Å². The lowest BCUT2D eigenvalue weighted by Gasteiger charge is -2.12. The van der Waals surface area contributed by atoms with Crippen LogP contribution in [0.15, 0.2) is 18.2 Å². The van der Waals surface area contributed by atoms with Crippen LogP contribution in [0.1, 0.15) is 5.56 Å². The summed E-state index contributed by atoms with van der Waals surface area (Å²) in [5.41, 5.74) is 0.912. The zero-order valence-corrected chi connectivity index (χ0v) is 9.46. The van der Waals surface area contributed by atoms with Crippen molar-refractivity contribution in [1.29, 1.82) is 5.26 Å². The van der Waals surface area contributed by atoms with Gasteiger partial charge < -0.3 is 14.2 Å². The Bertz CT molecular complexity index is 537. The normalized spacial score (nSPS) is 20.7. The second kappa shape index (κ2) is 4.11. The van der Waals surface area contributed by atoms with Crippen LogP contribution in [0, 0.1) is 11.3 Å². The zero-order chi connectivity index (χ0) is 12.5. The molecule has 0 aromatic heterocycles. The molecule has 18 heavy (non-hydrogen) atoms. The van der Waals surface area contributed by atoms with Crippen LogP contribution in [-0.2, 0) is 11.3 Å². The molecule has 1 unspecified atom stereocenters. The average Bonchev–Trinajstić information content (AvgIpc) is 2.96. The lowest BCUT2D eigenvalue weighted by Crippen LogP contribution is -2.24. The fourth-order valence-corrected chi connectivity index (χ4v) is 1.96. The summed E-state index contributed by atoms with van der Waals surface area (Å²) >= 11 is 0. The lowest BCUT2D eigenvalue weighted by atomic mass is 10.2. The minimum Gasteiger partial charge on any atom is -0.454 e. The van der Waals surface area contributed by atoms with Crippen LogP contribution in [0.2, 0.25) is 0 Å². The van der Waals surface area contributed by atoms with Crippen LogP contribution in [0.5, 0.6) is 11.5 Å². The molecule has 1 atom stereocenters. The van der Waals surface area contributed by atoms with Crippen molar-refractivity contribution in [2.75, 3.05) is 13.3 Å². The smallest absolute Gasteiger partial charge is 0.411 e. The van der Waals surface area contributed by atoms with Gasteiger partial charge in [0, 0.05) is 6.54 Å². The van der Waals surface area contributed by atoms with Crippen LogP contribution >= 0.6 is 0 Å². The number of rotatable bonds is 2. The summed E-state index contributed by atoms with van der Waals surface area (Å²) in [6, 6.07) is 7.42. The fourth-order valence-electron chi connectivity index (χ4n) is 1.96. The number of carbonyl (C=O) groups excluding carboxylic acids is 1. The highest BCUT2D eigenvalue weighted by atomic mass is 16.7. The molecule has 1 fully saturated rings. The number of nitriles is 1. The molecule has 0 spiro atoms. The van der Waals surface area contributed by atoms with E-state index < -0.39 is 12.2 Å². The van der Waals surface area contributed by atoms with E-state index in [1.807, 2.05) is 18.2 Å². The maximum Gasteiger partial charge on any atom is 0.411 e. The summed E-state index contributed by atoms with van der Waals surface area (Å²) in [7, 11) is 0. The number of hydrogen-bond acceptors (Lipinski definition) is 5. The average molecular weight is 246 g/mol. The van der Waals surface area contributed by atoms with Gasteiger partial charge in [-0.25, -0.2) is 4.79 Å². The summed E-state index contributed by atoms with van der Waals surface area (Å²) in [5.74, 6) is 1.38. The Hall–Kier alpha value is -2.42. The van der Waals surface area contributed by atoms with Crippen LogP contribution in [0.4, 0.5) is 4.79 Å². The van der Waals surface area contributed by atoms with Gasteiger partial charge in [-0.05, 0) is 17.7 Å². The van der Waals surface area contributed by atoms with E-state index >= 15 is 0 Å². The SMILES string of the molecule is N#CC1CN(Cc2ccc3c(c2)OCO3)C(=O)O1. The molecule has 1 aromatic carbocycles. The number of ether oxygens (including phenoxy) is 3. The highest BCUT2D eigenvalue weighted by Crippen LogP contribution is 2.33. The van der Waals surface area contributed by atoms with Crippen LogP contribution in [0.25, 0.3) is 0 Å². The summed E-state index contributed by atoms with van der Waals surface area (Å²) < 4.78 is 15.3. The number of hydrogen-bond donors (Lipinski definition) is 0. The maximum absolute atomic E-state index is 11.5. The lowest BCUT2D eigenvalue weighted by molar-refractivity contribution is 0.146. The van der Waals surface area contributed by atoms with Gasteiger partial charge in [0.15, 0.2) is 11.5 Å². The first-order valence-corrected chi connectivity index (χ1v) is 5.50. The van der Waals surface area contributed by atoms with Gasteiger partial charge in [-0.15, -0.1) is 0 Å². The molecule has 1 amide bonds. The Morgan fingerprint density at radius 2 is 2.22 bits per heavy atom. The molecule has 2 aliphatic heterocycles. The Labute approximate surface area is 103 Å². The number of amides is 1. The second-order valence-corrected chi connectivity index (χ2v) is 4.07. The Kier molecular flexibility index (Phi) is 2.45. The molecule has 0 radical (unpaired) electrons. The molecule has 1 saturated heterocycles. The highest BCUT2D eigenvalue weighted by Gasteiger charge is 2.31. The van der Waals surface area contributed by atoms with Crippen molar-refractivity contribution in [3.8, 4) is 17.6 Å². The molecule has 0 saturated carbocycles. The minimum atomic E-state index is -0.675. The summed E-state index contributed by atoms with van der Waals surface area (Å²) in [6.45, 7) is 0.915. The van der Waals surface area contributed by atoms with E-state index in [0.29, 0.717) is 24.6 Å². The van der Waals surface area contributed by atoms with Gasteiger partial charge in [0.2, 0.25) is 12.9 Å². The largest absolute Gasteiger partial charge is 0.454 e. The number of carbonyl (C=O) groups is 1. The van der Waals surface area contributed by atoms with Crippen molar-refractivity contribution in [3.63, 3.8) is 0 Å². The molecule has 92 valence electrons.